The van der Waals surface area contributed by atoms with Crippen molar-refractivity contribution >= 4 is 23.6 Å². The Labute approximate surface area is 333 Å². The molecule has 3 aromatic carbocycles. The van der Waals surface area contributed by atoms with Crippen LogP contribution in [0.4, 0.5) is 9.18 Å². The average molecular weight is 789 g/mol. The van der Waals surface area contributed by atoms with Crippen LogP contribution in [-0.2, 0) is 20.9 Å². The lowest BCUT2D eigenvalue weighted by Gasteiger charge is -2.59. The maximum atomic E-state index is 14.1. The molecule has 2 aliphatic carbocycles. The summed E-state index contributed by atoms with van der Waals surface area (Å²) in [4.78, 5) is 22.2. The van der Waals surface area contributed by atoms with Crippen LogP contribution in [0, 0.1) is 23.6 Å². The normalized spacial score (nSPS) is 24.3. The summed E-state index contributed by atoms with van der Waals surface area (Å²) < 4.78 is 40.1. The number of oxime groups is 1. The summed E-state index contributed by atoms with van der Waals surface area (Å²) in [6.45, 7) is 4.36. The number of allylic oxidation sites excluding steroid dienone is 1. The van der Waals surface area contributed by atoms with E-state index in [1.54, 1.807) is 34.9 Å². The quantitative estimate of drug-likeness (QED) is 0.0564. The SMILES string of the molecule is C=CCOC12Oc3ccc(Oc4ccc(SC)cc4)cc3C3C(CCCCO)C(CCCCO)C=C(C(=NOC)CC1N(Cc1ccc(F)cc1)C(=O)OC)C32. The molecule has 1 aliphatic heterocycles. The number of thioether (sulfide) groups is 1. The van der Waals surface area contributed by atoms with Crippen molar-refractivity contribution in [1.29, 1.82) is 0 Å². The first-order chi connectivity index (χ1) is 27.3. The molecule has 3 aromatic rings. The zero-order valence-electron chi connectivity index (χ0n) is 32.4. The van der Waals surface area contributed by atoms with Crippen LogP contribution in [0.3, 0.4) is 0 Å². The minimum atomic E-state index is -1.46. The number of aliphatic hydroxyl groups is 2. The highest BCUT2D eigenvalue weighted by Gasteiger charge is 2.65. The molecule has 1 amide bonds. The van der Waals surface area contributed by atoms with Crippen LogP contribution in [0.2, 0.25) is 0 Å². The molecule has 1 fully saturated rings. The van der Waals surface area contributed by atoms with Crippen molar-refractivity contribution < 1.29 is 43.2 Å². The maximum Gasteiger partial charge on any atom is 0.410 e. The molecule has 6 unspecified atom stereocenters. The van der Waals surface area contributed by atoms with Crippen LogP contribution in [-0.4, -0.2) is 79.0 Å². The number of methoxy groups -OCH3 is 1. The Bertz CT molecular complexity index is 1850. The summed E-state index contributed by atoms with van der Waals surface area (Å²) in [5.41, 5.74) is 3.21. The van der Waals surface area contributed by atoms with E-state index in [-0.39, 0.29) is 56.4 Å². The number of halogens is 1. The molecule has 6 rings (SSSR count). The topological polar surface area (TPSA) is 119 Å². The standard InChI is InChI=1S/C44H53FN2O8S/c1-5-24-53-44-40(47(43(50)51-2)28-29-12-14-31(45)15-13-29)27-38(46-52-3)36-25-30(10-6-8-22-48)35(11-7-9-23-49)41(42(36)44)37-26-33(18-21-39(37)55-44)54-32-16-19-34(56-4)20-17-32/h5,12-21,25-26,30,35,40-42,48-49H,1,6-11,22-24,27-28H2,2-4H3. The van der Waals surface area contributed by atoms with E-state index in [1.807, 2.05) is 42.7 Å². The van der Waals surface area contributed by atoms with Gasteiger partial charge < -0.3 is 34.0 Å². The molecular formula is C44H53FN2O8S. The number of nitrogens with zero attached hydrogens (tertiary/aromatic N) is 2. The molecule has 0 spiro atoms. The van der Waals surface area contributed by atoms with Gasteiger partial charge in [0.25, 0.3) is 0 Å². The van der Waals surface area contributed by atoms with Gasteiger partial charge >= 0.3 is 6.09 Å². The van der Waals surface area contributed by atoms with E-state index in [4.69, 9.17) is 23.8 Å². The second-order valence-corrected chi connectivity index (χ2v) is 15.3. The van der Waals surface area contributed by atoms with Gasteiger partial charge in [-0.15, -0.1) is 18.3 Å². The highest BCUT2D eigenvalue weighted by atomic mass is 32.2. The predicted molar refractivity (Wildman–Crippen MR) is 215 cm³/mol. The summed E-state index contributed by atoms with van der Waals surface area (Å²) in [5, 5.41) is 24.3. The number of unbranched alkanes of at least 4 members (excludes halogenated alkanes) is 2. The summed E-state index contributed by atoms with van der Waals surface area (Å²) >= 11 is 1.66. The third-order valence-corrected chi connectivity index (χ3v) is 11.9. The van der Waals surface area contributed by atoms with Crippen molar-refractivity contribution in [1.82, 2.24) is 4.90 Å². The largest absolute Gasteiger partial charge is 0.459 e. The van der Waals surface area contributed by atoms with Crippen molar-refractivity contribution in [2.75, 3.05) is 40.3 Å². The average Bonchev–Trinajstić information content (AvgIpc) is 3.21. The van der Waals surface area contributed by atoms with E-state index in [1.165, 1.54) is 26.4 Å². The lowest BCUT2D eigenvalue weighted by molar-refractivity contribution is -0.256. The molecule has 3 aliphatic rings. The fourth-order valence-corrected chi connectivity index (χ4v) is 9.22. The van der Waals surface area contributed by atoms with Gasteiger partial charge in [-0.05, 0) is 110 Å². The molecule has 0 bridgehead atoms. The molecule has 0 saturated heterocycles. The lowest BCUT2D eigenvalue weighted by Crippen LogP contribution is -2.70. The molecule has 12 heteroatoms. The van der Waals surface area contributed by atoms with Crippen molar-refractivity contribution in [3.8, 4) is 17.2 Å². The summed E-state index contributed by atoms with van der Waals surface area (Å²) in [6, 6.07) is 19.0. The van der Waals surface area contributed by atoms with Gasteiger partial charge in [-0.1, -0.05) is 42.3 Å². The van der Waals surface area contributed by atoms with Gasteiger partial charge in [-0.2, -0.15) is 0 Å². The van der Waals surface area contributed by atoms with Gasteiger partial charge in [0.15, 0.2) is 0 Å². The van der Waals surface area contributed by atoms with Crippen LogP contribution in [0.15, 0.2) is 101 Å². The zero-order valence-corrected chi connectivity index (χ0v) is 33.2. The van der Waals surface area contributed by atoms with Crippen LogP contribution < -0.4 is 9.47 Å². The van der Waals surface area contributed by atoms with Crippen LogP contribution in [0.25, 0.3) is 0 Å². The number of hydrogen-bond acceptors (Lipinski definition) is 10. The van der Waals surface area contributed by atoms with Gasteiger partial charge in [0.05, 0.1) is 25.3 Å². The fourth-order valence-electron chi connectivity index (χ4n) is 8.81. The second kappa shape index (κ2) is 19.2. The molecule has 6 atom stereocenters. The lowest BCUT2D eigenvalue weighted by atomic mass is 9.55. The second-order valence-electron chi connectivity index (χ2n) is 14.5. The zero-order chi connectivity index (χ0) is 39.7. The molecule has 0 aromatic heterocycles. The third-order valence-electron chi connectivity index (χ3n) is 11.2. The number of fused-ring (bicyclic) bond motifs is 2. The molecular weight excluding hydrogens is 736 g/mol. The van der Waals surface area contributed by atoms with Crippen LogP contribution >= 0.6 is 11.8 Å². The Hall–Kier alpha value is -4.36. The van der Waals surface area contributed by atoms with Gasteiger partial charge in [0, 0.05) is 42.6 Å². The molecule has 1 saturated carbocycles. The number of aliphatic hydroxyl groups excluding tert-OH is 2. The van der Waals surface area contributed by atoms with Crippen LogP contribution in [0.5, 0.6) is 17.2 Å². The van der Waals surface area contributed by atoms with Crippen molar-refractivity contribution in [2.45, 2.75) is 74.1 Å². The Kier molecular flexibility index (Phi) is 14.1. The maximum absolute atomic E-state index is 14.1. The molecule has 300 valence electrons. The highest BCUT2D eigenvalue weighted by Crippen LogP contribution is 2.62. The number of carbonyl (C=O) groups is 1. The number of ether oxygens (including phenoxy) is 4. The first kappa shape index (κ1) is 41.3. The van der Waals surface area contributed by atoms with Gasteiger partial charge in [-0.25, -0.2) is 9.18 Å². The highest BCUT2D eigenvalue weighted by molar-refractivity contribution is 7.98. The molecule has 1 heterocycles. The number of rotatable bonds is 18. The van der Waals surface area contributed by atoms with E-state index < -0.39 is 23.8 Å². The van der Waals surface area contributed by atoms with E-state index >= 15 is 0 Å². The first-order valence-corrected chi connectivity index (χ1v) is 20.6. The summed E-state index contributed by atoms with van der Waals surface area (Å²) in [7, 11) is 2.84. The van der Waals surface area contributed by atoms with Gasteiger partial charge in [-0.3, -0.25) is 4.90 Å². The molecule has 2 N–H and O–H groups in total. The third kappa shape index (κ3) is 8.78. The smallest absolute Gasteiger partial charge is 0.410 e. The van der Waals surface area contributed by atoms with E-state index in [2.05, 4.69) is 23.9 Å². The van der Waals surface area contributed by atoms with Crippen molar-refractivity contribution in [2.24, 2.45) is 22.9 Å². The monoisotopic (exact) mass is 788 g/mol. The van der Waals surface area contributed by atoms with Crippen molar-refractivity contribution in [3.63, 3.8) is 0 Å². The van der Waals surface area contributed by atoms with E-state index in [9.17, 15) is 19.4 Å². The Morgan fingerprint density at radius 2 is 1.73 bits per heavy atom. The Morgan fingerprint density at radius 3 is 2.39 bits per heavy atom. The summed E-state index contributed by atoms with van der Waals surface area (Å²) in [5.74, 6) is -0.474. The van der Waals surface area contributed by atoms with Gasteiger partial charge in [0.1, 0.15) is 36.2 Å². The molecule has 10 nitrogen and oxygen atoms in total. The van der Waals surface area contributed by atoms with E-state index in [0.717, 1.165) is 41.7 Å². The fraction of sp³-hybridized carbons (Fsp3) is 0.455. The Morgan fingerprint density at radius 1 is 1.02 bits per heavy atom. The van der Waals surface area contributed by atoms with Crippen molar-refractivity contribution in [3.05, 3.63) is 108 Å². The molecule has 56 heavy (non-hydrogen) atoms. The number of amides is 1. The number of benzene rings is 3. The first-order valence-electron chi connectivity index (χ1n) is 19.3. The van der Waals surface area contributed by atoms with Crippen LogP contribution in [0.1, 0.15) is 62.0 Å². The Balaban J connectivity index is 1.57. The number of carbonyl (C=O) groups excluding carboxylic acids is 1. The molecule has 0 radical (unpaired) electrons. The summed E-state index contributed by atoms with van der Waals surface area (Å²) in [6.07, 6.45) is 10.1. The van der Waals surface area contributed by atoms with E-state index in [0.29, 0.717) is 41.4 Å². The minimum absolute atomic E-state index is 0.0469. The van der Waals surface area contributed by atoms with Gasteiger partial charge in [0.2, 0.25) is 5.79 Å². The predicted octanol–water partition coefficient (Wildman–Crippen LogP) is 8.87. The number of hydrogen-bond donors (Lipinski definition) is 2. The minimum Gasteiger partial charge on any atom is -0.459 e.